The first-order valence-electron chi connectivity index (χ1n) is 6.19. The van der Waals surface area contributed by atoms with Gasteiger partial charge in [-0.25, -0.2) is 4.79 Å². The van der Waals surface area contributed by atoms with Crippen LogP contribution in [0.3, 0.4) is 0 Å². The molecular weight excluding hydrogens is 238 g/mol. The van der Waals surface area contributed by atoms with Gasteiger partial charge >= 0.3 is 6.03 Å². The molecule has 2 aliphatic rings. The smallest absolute Gasteiger partial charge is 0.312 e. The molecule has 2 aliphatic heterocycles. The van der Waals surface area contributed by atoms with Gasteiger partial charge in [-0.2, -0.15) is 11.8 Å². The van der Waals surface area contributed by atoms with Gasteiger partial charge in [-0.3, -0.25) is 0 Å². The van der Waals surface area contributed by atoms with Gasteiger partial charge in [0, 0.05) is 31.5 Å². The van der Waals surface area contributed by atoms with E-state index in [0.29, 0.717) is 12.6 Å². The molecule has 0 aliphatic carbocycles. The molecule has 2 rings (SSSR count). The quantitative estimate of drug-likeness (QED) is 0.635. The third-order valence-corrected chi connectivity index (χ3v) is 4.64. The number of urea groups is 1. The molecule has 4 N–H and O–H groups in total. The van der Waals surface area contributed by atoms with Crippen LogP contribution in [0.4, 0.5) is 4.79 Å². The van der Waals surface area contributed by atoms with Crippen molar-refractivity contribution in [2.45, 2.75) is 30.9 Å². The fraction of sp³-hybridized carbons (Fsp3) is 0.909. The van der Waals surface area contributed by atoms with E-state index >= 15 is 0 Å². The number of thioether (sulfide) groups is 1. The highest BCUT2D eigenvalue weighted by Crippen LogP contribution is 2.38. The molecule has 6 heteroatoms. The number of carbonyl (C=O) groups excluding carboxylic acids is 1. The average molecular weight is 259 g/mol. The number of nitrogens with one attached hydrogen (secondary N) is 2. The molecular formula is C11H21N3O2S. The maximum atomic E-state index is 10.5. The summed E-state index contributed by atoms with van der Waals surface area (Å²) in [6.07, 6.45) is 3.33. The van der Waals surface area contributed by atoms with Crippen molar-refractivity contribution < 1.29 is 9.53 Å². The van der Waals surface area contributed by atoms with Gasteiger partial charge in [0.05, 0.1) is 5.60 Å². The molecule has 2 heterocycles. The molecule has 0 aromatic carbocycles. The van der Waals surface area contributed by atoms with Crippen molar-refractivity contribution in [2.24, 2.45) is 5.73 Å². The summed E-state index contributed by atoms with van der Waals surface area (Å²) in [6.45, 7) is 2.22. The largest absolute Gasteiger partial charge is 0.374 e. The van der Waals surface area contributed by atoms with Crippen LogP contribution >= 0.6 is 11.8 Å². The Kier molecular flexibility index (Phi) is 4.53. The predicted molar refractivity (Wildman–Crippen MR) is 69.2 cm³/mol. The molecule has 2 saturated heterocycles. The summed E-state index contributed by atoms with van der Waals surface area (Å²) in [5.41, 5.74) is 5.13. The Hall–Kier alpha value is -0.460. The van der Waals surface area contributed by atoms with Crippen molar-refractivity contribution in [1.82, 2.24) is 10.6 Å². The number of primary amides is 1. The SMILES string of the molecule is NC(=O)NCCNC1CCOC2(CCSC2)C1. The van der Waals surface area contributed by atoms with E-state index in [1.807, 2.05) is 11.8 Å². The van der Waals surface area contributed by atoms with Crippen LogP contribution in [0.5, 0.6) is 0 Å². The van der Waals surface area contributed by atoms with Crippen LogP contribution in [-0.4, -0.2) is 48.9 Å². The Morgan fingerprint density at radius 1 is 1.53 bits per heavy atom. The van der Waals surface area contributed by atoms with Gasteiger partial charge in [0.2, 0.25) is 0 Å². The van der Waals surface area contributed by atoms with E-state index in [1.165, 1.54) is 12.2 Å². The normalized spacial score (nSPS) is 32.8. The van der Waals surface area contributed by atoms with Crippen molar-refractivity contribution in [3.8, 4) is 0 Å². The standard InChI is InChI=1S/C11H21N3O2S/c12-10(15)14-4-3-13-9-1-5-16-11(7-9)2-6-17-8-11/h9,13H,1-8H2,(H3,12,14,15). The molecule has 0 bridgehead atoms. The number of hydrogen-bond donors (Lipinski definition) is 3. The predicted octanol–water partition coefficient (Wildman–Crippen LogP) is 0.299. The second-order valence-corrected chi connectivity index (χ2v) is 5.87. The molecule has 2 atom stereocenters. The third-order valence-electron chi connectivity index (χ3n) is 3.42. The third kappa shape index (κ3) is 3.76. The highest BCUT2D eigenvalue weighted by Gasteiger charge is 2.40. The van der Waals surface area contributed by atoms with Crippen LogP contribution in [0.25, 0.3) is 0 Å². The average Bonchev–Trinajstić information content (AvgIpc) is 2.73. The Morgan fingerprint density at radius 3 is 3.12 bits per heavy atom. The van der Waals surface area contributed by atoms with Gasteiger partial charge in [0.15, 0.2) is 0 Å². The van der Waals surface area contributed by atoms with E-state index in [2.05, 4.69) is 10.6 Å². The Balaban J connectivity index is 1.68. The van der Waals surface area contributed by atoms with Gasteiger partial charge < -0.3 is 21.1 Å². The number of hydrogen-bond acceptors (Lipinski definition) is 4. The highest BCUT2D eigenvalue weighted by atomic mass is 32.2. The zero-order chi connectivity index (χ0) is 12.1. The maximum absolute atomic E-state index is 10.5. The molecule has 5 nitrogen and oxygen atoms in total. The van der Waals surface area contributed by atoms with E-state index in [-0.39, 0.29) is 5.60 Å². The van der Waals surface area contributed by atoms with Crippen LogP contribution < -0.4 is 16.4 Å². The van der Waals surface area contributed by atoms with Gasteiger partial charge in [-0.1, -0.05) is 0 Å². The summed E-state index contributed by atoms with van der Waals surface area (Å²) in [4.78, 5) is 10.5. The molecule has 17 heavy (non-hydrogen) atoms. The molecule has 0 radical (unpaired) electrons. The first-order valence-corrected chi connectivity index (χ1v) is 7.34. The summed E-state index contributed by atoms with van der Waals surface area (Å²) in [7, 11) is 0. The van der Waals surface area contributed by atoms with E-state index < -0.39 is 6.03 Å². The summed E-state index contributed by atoms with van der Waals surface area (Å²) >= 11 is 1.99. The van der Waals surface area contributed by atoms with E-state index in [9.17, 15) is 4.79 Å². The van der Waals surface area contributed by atoms with Crippen molar-refractivity contribution in [1.29, 1.82) is 0 Å². The minimum absolute atomic E-state index is 0.123. The summed E-state index contributed by atoms with van der Waals surface area (Å²) in [5.74, 6) is 2.35. The van der Waals surface area contributed by atoms with Crippen LogP contribution in [0.2, 0.25) is 0 Å². The van der Waals surface area contributed by atoms with Crippen molar-refractivity contribution in [3.63, 3.8) is 0 Å². The first kappa shape index (κ1) is 13.0. The highest BCUT2D eigenvalue weighted by molar-refractivity contribution is 7.99. The van der Waals surface area contributed by atoms with Crippen LogP contribution in [0.15, 0.2) is 0 Å². The number of ether oxygens (including phenoxy) is 1. The molecule has 1 spiro atoms. The number of carbonyl (C=O) groups is 1. The second kappa shape index (κ2) is 5.93. The molecule has 98 valence electrons. The topological polar surface area (TPSA) is 76.4 Å². The summed E-state index contributed by atoms with van der Waals surface area (Å²) in [6, 6.07) is 0.0552. The molecule has 2 unspecified atom stereocenters. The Morgan fingerprint density at radius 2 is 2.41 bits per heavy atom. The van der Waals surface area contributed by atoms with Crippen LogP contribution in [0.1, 0.15) is 19.3 Å². The van der Waals surface area contributed by atoms with Crippen molar-refractivity contribution in [3.05, 3.63) is 0 Å². The molecule has 2 amide bonds. The van der Waals surface area contributed by atoms with Gasteiger partial charge in [0.25, 0.3) is 0 Å². The van der Waals surface area contributed by atoms with Gasteiger partial charge in [-0.15, -0.1) is 0 Å². The minimum atomic E-state index is -0.456. The number of rotatable bonds is 4. The lowest BCUT2D eigenvalue weighted by atomic mass is 9.90. The Bertz CT molecular complexity index is 269. The second-order valence-electron chi connectivity index (χ2n) is 4.77. The molecule has 0 aromatic rings. The fourth-order valence-corrected chi connectivity index (χ4v) is 3.91. The molecule has 2 fully saturated rings. The minimum Gasteiger partial charge on any atom is -0.374 e. The fourth-order valence-electron chi connectivity index (χ4n) is 2.53. The van der Waals surface area contributed by atoms with Crippen molar-refractivity contribution in [2.75, 3.05) is 31.2 Å². The molecule has 0 aromatic heterocycles. The first-order chi connectivity index (χ1) is 8.20. The Labute approximate surface area is 106 Å². The number of amides is 2. The monoisotopic (exact) mass is 259 g/mol. The number of nitrogens with two attached hydrogens (primary N) is 1. The summed E-state index contributed by atoms with van der Waals surface area (Å²) < 4.78 is 5.95. The zero-order valence-corrected chi connectivity index (χ0v) is 10.9. The van der Waals surface area contributed by atoms with E-state index in [0.717, 1.165) is 31.7 Å². The molecule has 0 saturated carbocycles. The van der Waals surface area contributed by atoms with Gasteiger partial charge in [-0.05, 0) is 25.0 Å². The van der Waals surface area contributed by atoms with Crippen LogP contribution in [0, 0.1) is 0 Å². The van der Waals surface area contributed by atoms with Gasteiger partial charge in [0.1, 0.15) is 0 Å². The maximum Gasteiger partial charge on any atom is 0.312 e. The summed E-state index contributed by atoms with van der Waals surface area (Å²) in [5, 5.41) is 6.06. The van der Waals surface area contributed by atoms with E-state index in [1.54, 1.807) is 0 Å². The lowest BCUT2D eigenvalue weighted by Crippen LogP contribution is -2.48. The van der Waals surface area contributed by atoms with Crippen LogP contribution in [-0.2, 0) is 4.74 Å². The van der Waals surface area contributed by atoms with Crippen molar-refractivity contribution >= 4 is 17.8 Å². The van der Waals surface area contributed by atoms with E-state index in [4.69, 9.17) is 10.5 Å². The zero-order valence-electron chi connectivity index (χ0n) is 10.0. The lowest BCUT2D eigenvalue weighted by Gasteiger charge is -2.38. The lowest BCUT2D eigenvalue weighted by molar-refractivity contribution is -0.0699.